The van der Waals surface area contributed by atoms with Gasteiger partial charge in [0.15, 0.2) is 0 Å². The maximum atomic E-state index is 4.45. The molecule has 0 spiro atoms. The number of aryl methyl sites for hydroxylation is 1. The third kappa shape index (κ3) is 1.58. The largest absolute Gasteiger partial charge is 0.309 e. The molecule has 1 saturated carbocycles. The standard InChI is InChI=1S/C9H12N6/c1-6-4-8(12-9-10-5-11-13-9)15(14-6)7-2-3-7/h4-5,7H,2-3H2,1H3,(H2,10,11,12,13). The van der Waals surface area contributed by atoms with E-state index in [-0.39, 0.29) is 0 Å². The molecule has 0 aliphatic heterocycles. The molecule has 6 heteroatoms. The quantitative estimate of drug-likeness (QED) is 0.792. The molecule has 78 valence electrons. The van der Waals surface area contributed by atoms with E-state index in [4.69, 9.17) is 0 Å². The van der Waals surface area contributed by atoms with Crippen LogP contribution in [-0.4, -0.2) is 25.0 Å². The molecule has 0 bridgehead atoms. The zero-order valence-electron chi connectivity index (χ0n) is 8.44. The Morgan fingerprint density at radius 1 is 1.53 bits per heavy atom. The lowest BCUT2D eigenvalue weighted by Gasteiger charge is -2.05. The van der Waals surface area contributed by atoms with E-state index in [1.807, 2.05) is 17.7 Å². The zero-order valence-corrected chi connectivity index (χ0v) is 8.44. The molecule has 3 rings (SSSR count). The molecule has 1 aliphatic carbocycles. The first-order chi connectivity index (χ1) is 7.33. The van der Waals surface area contributed by atoms with Crippen LogP contribution in [0, 0.1) is 6.92 Å². The van der Waals surface area contributed by atoms with Crippen LogP contribution in [0.2, 0.25) is 0 Å². The normalized spacial score (nSPS) is 15.5. The van der Waals surface area contributed by atoms with Crippen molar-refractivity contribution in [3.05, 3.63) is 18.1 Å². The first kappa shape index (κ1) is 8.46. The van der Waals surface area contributed by atoms with Crippen molar-refractivity contribution in [2.45, 2.75) is 25.8 Å². The molecular weight excluding hydrogens is 192 g/mol. The Morgan fingerprint density at radius 3 is 3.07 bits per heavy atom. The summed E-state index contributed by atoms with van der Waals surface area (Å²) < 4.78 is 2.03. The molecule has 0 atom stereocenters. The first-order valence-electron chi connectivity index (χ1n) is 5.01. The van der Waals surface area contributed by atoms with Gasteiger partial charge in [0, 0.05) is 6.07 Å². The highest BCUT2D eigenvalue weighted by atomic mass is 15.4. The highest BCUT2D eigenvalue weighted by Gasteiger charge is 2.27. The van der Waals surface area contributed by atoms with Gasteiger partial charge in [-0.15, -0.1) is 0 Å². The van der Waals surface area contributed by atoms with Gasteiger partial charge in [-0.25, -0.2) is 9.78 Å². The summed E-state index contributed by atoms with van der Waals surface area (Å²) in [6, 6.07) is 2.57. The average molecular weight is 204 g/mol. The van der Waals surface area contributed by atoms with Gasteiger partial charge in [0.2, 0.25) is 5.95 Å². The number of hydrogen-bond donors (Lipinski definition) is 2. The fourth-order valence-electron chi connectivity index (χ4n) is 1.59. The molecule has 15 heavy (non-hydrogen) atoms. The van der Waals surface area contributed by atoms with E-state index >= 15 is 0 Å². The molecule has 0 amide bonds. The van der Waals surface area contributed by atoms with Crippen molar-refractivity contribution >= 4 is 11.8 Å². The molecule has 2 heterocycles. The highest BCUT2D eigenvalue weighted by Crippen LogP contribution is 2.37. The van der Waals surface area contributed by atoms with Gasteiger partial charge in [0.05, 0.1) is 11.7 Å². The minimum absolute atomic E-state index is 0.559. The molecule has 1 fully saturated rings. The number of hydrogen-bond acceptors (Lipinski definition) is 4. The van der Waals surface area contributed by atoms with E-state index in [1.165, 1.54) is 19.2 Å². The summed E-state index contributed by atoms with van der Waals surface area (Å²) in [6.45, 7) is 1.99. The molecule has 0 unspecified atom stereocenters. The Morgan fingerprint density at radius 2 is 2.40 bits per heavy atom. The molecule has 0 aromatic carbocycles. The van der Waals surface area contributed by atoms with Gasteiger partial charge in [-0.1, -0.05) is 0 Å². The monoisotopic (exact) mass is 204 g/mol. The van der Waals surface area contributed by atoms with E-state index in [0.717, 1.165) is 11.5 Å². The smallest absolute Gasteiger partial charge is 0.224 e. The molecular formula is C9H12N6. The molecule has 2 aromatic heterocycles. The van der Waals surface area contributed by atoms with E-state index in [1.54, 1.807) is 0 Å². The topological polar surface area (TPSA) is 71.4 Å². The predicted molar refractivity (Wildman–Crippen MR) is 54.9 cm³/mol. The Bertz CT molecular complexity index is 453. The Hall–Kier alpha value is -1.85. The Labute approximate surface area is 86.7 Å². The van der Waals surface area contributed by atoms with Gasteiger partial charge in [-0.2, -0.15) is 15.2 Å². The summed E-state index contributed by atoms with van der Waals surface area (Å²) in [7, 11) is 0. The summed E-state index contributed by atoms with van der Waals surface area (Å²) in [4.78, 5) is 4.02. The predicted octanol–water partition coefficient (Wildman–Crippen LogP) is 1.39. The summed E-state index contributed by atoms with van der Waals surface area (Å²) >= 11 is 0. The summed E-state index contributed by atoms with van der Waals surface area (Å²) in [5.74, 6) is 1.63. The van der Waals surface area contributed by atoms with Crippen molar-refractivity contribution in [2.75, 3.05) is 5.32 Å². The maximum absolute atomic E-state index is 4.45. The van der Waals surface area contributed by atoms with Crippen molar-refractivity contribution in [1.29, 1.82) is 0 Å². The highest BCUT2D eigenvalue weighted by molar-refractivity contribution is 5.48. The van der Waals surface area contributed by atoms with Gasteiger partial charge >= 0.3 is 0 Å². The van der Waals surface area contributed by atoms with Gasteiger partial charge in [0.25, 0.3) is 0 Å². The van der Waals surface area contributed by atoms with Crippen LogP contribution < -0.4 is 5.32 Å². The fourth-order valence-corrected chi connectivity index (χ4v) is 1.59. The average Bonchev–Trinajstić information content (AvgIpc) is 2.81. The van der Waals surface area contributed by atoms with Gasteiger partial charge in [-0.05, 0) is 19.8 Å². The number of nitrogens with one attached hydrogen (secondary N) is 2. The Balaban J connectivity index is 1.90. The zero-order chi connectivity index (χ0) is 10.3. The molecule has 0 saturated heterocycles. The number of H-pyrrole nitrogens is 1. The number of rotatable bonds is 3. The lowest BCUT2D eigenvalue weighted by Crippen LogP contribution is -2.03. The van der Waals surface area contributed by atoms with Crippen LogP contribution in [0.15, 0.2) is 12.4 Å². The van der Waals surface area contributed by atoms with Gasteiger partial charge in [-0.3, -0.25) is 0 Å². The third-order valence-electron chi connectivity index (χ3n) is 2.41. The van der Waals surface area contributed by atoms with Crippen LogP contribution >= 0.6 is 0 Å². The number of aromatic amines is 1. The lowest BCUT2D eigenvalue weighted by molar-refractivity contribution is 0.643. The summed E-state index contributed by atoms with van der Waals surface area (Å²) in [5, 5.41) is 14.2. The maximum Gasteiger partial charge on any atom is 0.224 e. The van der Waals surface area contributed by atoms with Crippen molar-refractivity contribution in [2.24, 2.45) is 0 Å². The van der Waals surface area contributed by atoms with E-state index in [2.05, 4.69) is 25.6 Å². The SMILES string of the molecule is Cc1cc(Nc2ncn[nH]2)n(C2CC2)n1. The van der Waals surface area contributed by atoms with Crippen molar-refractivity contribution < 1.29 is 0 Å². The van der Waals surface area contributed by atoms with Crippen molar-refractivity contribution in [1.82, 2.24) is 25.0 Å². The van der Waals surface area contributed by atoms with E-state index < -0.39 is 0 Å². The fraction of sp³-hybridized carbons (Fsp3) is 0.444. The molecule has 2 N–H and O–H groups in total. The number of anilines is 2. The second kappa shape index (κ2) is 3.08. The minimum Gasteiger partial charge on any atom is -0.309 e. The molecule has 0 radical (unpaired) electrons. The van der Waals surface area contributed by atoms with Gasteiger partial charge < -0.3 is 5.32 Å². The van der Waals surface area contributed by atoms with Crippen LogP contribution in [0.5, 0.6) is 0 Å². The summed E-state index contributed by atoms with van der Waals surface area (Å²) in [6.07, 6.45) is 3.91. The number of nitrogens with zero attached hydrogens (tertiary/aromatic N) is 4. The second-order valence-electron chi connectivity index (χ2n) is 3.81. The molecule has 1 aliphatic rings. The molecule has 6 nitrogen and oxygen atoms in total. The van der Waals surface area contributed by atoms with Crippen LogP contribution in [0.4, 0.5) is 11.8 Å². The van der Waals surface area contributed by atoms with Crippen molar-refractivity contribution in [3.8, 4) is 0 Å². The minimum atomic E-state index is 0.559. The molecule has 2 aromatic rings. The first-order valence-corrected chi connectivity index (χ1v) is 5.01. The number of aromatic nitrogens is 5. The van der Waals surface area contributed by atoms with E-state index in [9.17, 15) is 0 Å². The van der Waals surface area contributed by atoms with Gasteiger partial charge in [0.1, 0.15) is 12.1 Å². The van der Waals surface area contributed by atoms with E-state index in [0.29, 0.717) is 12.0 Å². The Kier molecular flexibility index (Phi) is 1.74. The van der Waals surface area contributed by atoms with Crippen LogP contribution in [0.1, 0.15) is 24.6 Å². The van der Waals surface area contributed by atoms with Crippen molar-refractivity contribution in [3.63, 3.8) is 0 Å². The summed E-state index contributed by atoms with van der Waals surface area (Å²) in [5.41, 5.74) is 1.02. The van der Waals surface area contributed by atoms with Crippen LogP contribution in [-0.2, 0) is 0 Å². The van der Waals surface area contributed by atoms with Crippen LogP contribution in [0.25, 0.3) is 0 Å². The second-order valence-corrected chi connectivity index (χ2v) is 3.81. The lowest BCUT2D eigenvalue weighted by atomic mass is 10.5. The third-order valence-corrected chi connectivity index (χ3v) is 2.41. The van der Waals surface area contributed by atoms with Crippen LogP contribution in [0.3, 0.4) is 0 Å².